The van der Waals surface area contributed by atoms with Crippen LogP contribution in [0.3, 0.4) is 0 Å². The van der Waals surface area contributed by atoms with Gasteiger partial charge in [-0.25, -0.2) is 0 Å². The Morgan fingerprint density at radius 3 is 1.43 bits per heavy atom. The van der Waals surface area contributed by atoms with E-state index in [9.17, 15) is 0 Å². The summed E-state index contributed by atoms with van der Waals surface area (Å²) in [7, 11) is 0. The van der Waals surface area contributed by atoms with Crippen LogP contribution >= 0.6 is 0 Å². The van der Waals surface area contributed by atoms with Crippen molar-refractivity contribution in [3.8, 4) is 0 Å². The van der Waals surface area contributed by atoms with Crippen molar-refractivity contribution in [2.24, 2.45) is 0 Å². The van der Waals surface area contributed by atoms with Gasteiger partial charge in [0.2, 0.25) is 0 Å². The fraction of sp³-hybridized carbons (Fsp3) is 1.00. The smallest absolute Gasteiger partial charge is 0.100 e. The van der Waals surface area contributed by atoms with Gasteiger partial charge in [-0.2, -0.15) is 0 Å². The Balaban J connectivity index is 0. The van der Waals surface area contributed by atoms with Crippen molar-refractivity contribution in [2.75, 3.05) is 13.2 Å². The zero-order valence-corrected chi connectivity index (χ0v) is 10.4. The van der Waals surface area contributed by atoms with Crippen LogP contribution in [0.5, 0.6) is 0 Å². The Kier molecular flexibility index (Phi) is 6.48. The normalized spacial score (nSPS) is 8.57. The van der Waals surface area contributed by atoms with E-state index in [1.807, 2.05) is 0 Å². The summed E-state index contributed by atoms with van der Waals surface area (Å²) in [5, 5.41) is 24.0. The number of hydrogen-bond acceptors (Lipinski definition) is 3. The van der Waals surface area contributed by atoms with Crippen LogP contribution < -0.4 is 0 Å². The van der Waals surface area contributed by atoms with E-state index in [0.717, 1.165) is 0 Å². The average molecular weight is 359 g/mol. The Morgan fingerprint density at radius 2 is 1.43 bits per heavy atom. The van der Waals surface area contributed by atoms with E-state index in [1.54, 1.807) is 0 Å². The van der Waals surface area contributed by atoms with Crippen LogP contribution in [0.2, 0.25) is 0 Å². The standard InChI is InChI=1S/C3H8O3.Rf/c4-1-3(6)2-5;/h3-6H,1-2H2;. The topological polar surface area (TPSA) is 60.7 Å². The quantitative estimate of drug-likeness (QED) is 0.553. The van der Waals surface area contributed by atoms with Crippen molar-refractivity contribution >= 4 is 0 Å². The van der Waals surface area contributed by atoms with Gasteiger partial charge in [-0.15, -0.1) is 0 Å². The van der Waals surface area contributed by atoms with Crippen LogP contribution in [0.25, 0.3) is 0 Å². The largest absolute Gasteiger partial charge is 0.394 e. The third kappa shape index (κ3) is 4.88. The van der Waals surface area contributed by atoms with Crippen molar-refractivity contribution in [2.45, 2.75) is 6.10 Å². The first-order valence-electron chi connectivity index (χ1n) is 1.71. The van der Waals surface area contributed by atoms with Gasteiger partial charge in [-0.3, -0.25) is 0 Å². The maximum Gasteiger partial charge on any atom is 0.100 e. The summed E-state index contributed by atoms with van der Waals surface area (Å²) >= 11 is 0. The van der Waals surface area contributed by atoms with Crippen molar-refractivity contribution in [1.82, 2.24) is 0 Å². The van der Waals surface area contributed by atoms with Crippen LogP contribution in [-0.2, 0) is 0 Å². The first kappa shape index (κ1) is 9.30. The van der Waals surface area contributed by atoms with E-state index in [-0.39, 0.29) is 13.2 Å². The summed E-state index contributed by atoms with van der Waals surface area (Å²) in [5.41, 5.74) is 0. The monoisotopic (exact) mass is 359 g/mol. The Morgan fingerprint density at radius 1 is 1.14 bits per heavy atom. The fourth-order valence-corrected chi connectivity index (χ4v) is 0.0577. The summed E-state index contributed by atoms with van der Waals surface area (Å²) in [4.78, 5) is 0. The summed E-state index contributed by atoms with van der Waals surface area (Å²) in [6.45, 7) is -0.729. The second kappa shape index (κ2) is 4.88. The predicted octanol–water partition coefficient (Wildman–Crippen LogP) is -1.67. The minimum absolute atomic E-state index is 0. The molecule has 0 aliphatic rings. The van der Waals surface area contributed by atoms with E-state index in [1.165, 1.54) is 0 Å². The molecule has 0 aromatic heterocycles. The molecule has 0 aliphatic heterocycles. The molecule has 0 unspecified atom stereocenters. The van der Waals surface area contributed by atoms with Gasteiger partial charge in [0, 0.05) is 0 Å². The molecule has 0 aliphatic carbocycles. The van der Waals surface area contributed by atoms with Crippen molar-refractivity contribution in [3.05, 3.63) is 0 Å². The molecule has 4 heteroatoms. The molecule has 0 heterocycles. The van der Waals surface area contributed by atoms with E-state index < -0.39 is 6.10 Å². The number of aliphatic hydroxyl groups excluding tert-OH is 3. The van der Waals surface area contributed by atoms with E-state index in [2.05, 4.69) is 0 Å². The second-order valence-electron chi connectivity index (χ2n) is 1.02. The number of aliphatic hydroxyl groups is 3. The van der Waals surface area contributed by atoms with E-state index in [0.29, 0.717) is 0 Å². The average Bonchev–Trinajstić information content (AvgIpc) is 1.65. The molecule has 0 spiro atoms. The summed E-state index contributed by atoms with van der Waals surface area (Å²) in [6.07, 6.45) is -0.954. The summed E-state index contributed by atoms with van der Waals surface area (Å²) < 4.78 is 0. The van der Waals surface area contributed by atoms with Crippen molar-refractivity contribution in [1.29, 1.82) is 0 Å². The number of rotatable bonds is 2. The first-order valence-corrected chi connectivity index (χ1v) is 1.71. The van der Waals surface area contributed by atoms with Gasteiger partial charge in [0.05, 0.1) is 13.2 Å². The molecule has 0 amide bonds. The van der Waals surface area contributed by atoms with Gasteiger partial charge < -0.3 is 15.3 Å². The fourth-order valence-electron chi connectivity index (χ4n) is 0.0577. The van der Waals surface area contributed by atoms with Crippen LogP contribution in [0.4, 0.5) is 0 Å². The van der Waals surface area contributed by atoms with E-state index in [4.69, 9.17) is 15.3 Å². The summed E-state index contributed by atoms with van der Waals surface area (Å²) in [5.74, 6) is 0. The Labute approximate surface area is 35.9 Å². The molecule has 0 bridgehead atoms. The molecule has 3 nitrogen and oxygen atoms in total. The van der Waals surface area contributed by atoms with E-state index >= 15 is 0 Å². The predicted molar refractivity (Wildman–Crippen MR) is 20.2 cm³/mol. The molecule has 0 aromatic rings. The molecule has 0 radical (unpaired) electrons. The first-order chi connectivity index (χ1) is 2.81. The molecule has 0 saturated heterocycles. The van der Waals surface area contributed by atoms with Gasteiger partial charge >= 0.3 is 0 Å². The van der Waals surface area contributed by atoms with Crippen LogP contribution in [0.15, 0.2) is 0 Å². The van der Waals surface area contributed by atoms with Crippen LogP contribution in [0.1, 0.15) is 0 Å². The maximum atomic E-state index is 8.17. The van der Waals surface area contributed by atoms with Gasteiger partial charge in [-0.05, 0) is 0 Å². The molecule has 40 valence electrons. The molecule has 0 aromatic carbocycles. The van der Waals surface area contributed by atoms with Crippen LogP contribution in [0, 0.1) is 0 Å². The summed E-state index contributed by atoms with van der Waals surface area (Å²) in [6, 6.07) is 0. The molecule has 7 heavy (non-hydrogen) atoms. The van der Waals surface area contributed by atoms with Crippen molar-refractivity contribution < 1.29 is 15.3 Å². The molecule has 0 rings (SSSR count). The molecule has 0 saturated carbocycles. The molecular weight excluding hydrogens is 351 g/mol. The Hall–Kier alpha value is -1.12. The third-order valence-electron chi connectivity index (χ3n) is 0.421. The minimum Gasteiger partial charge on any atom is -0.394 e. The van der Waals surface area contributed by atoms with Crippen LogP contribution in [-0.4, -0.2) is 34.6 Å². The molecule has 0 atom stereocenters. The number of hydrogen-bond donors (Lipinski definition) is 3. The van der Waals surface area contributed by atoms with Gasteiger partial charge in [0.15, 0.2) is 0 Å². The maximum absolute atomic E-state index is 8.17. The SMILES string of the molecule is OCC(O)CO.[Rf]. The zero-order chi connectivity index (χ0) is 4.99. The second-order valence-corrected chi connectivity index (χ2v) is 1.02. The van der Waals surface area contributed by atoms with Gasteiger partial charge in [-0.1, -0.05) is 0 Å². The molecule has 0 fully saturated rings. The van der Waals surface area contributed by atoms with Gasteiger partial charge in [0.25, 0.3) is 0 Å². The third-order valence-corrected chi connectivity index (χ3v) is 0.421. The zero-order valence-electron chi connectivity index (χ0n) is 4.04. The minimum atomic E-state index is -0.954. The van der Waals surface area contributed by atoms with Crippen molar-refractivity contribution in [3.63, 3.8) is 0 Å². The Bertz CT molecular complexity index is 29.4. The molecular formula is C3H8O3Rf. The molecule has 3 N–H and O–H groups in total. The van der Waals surface area contributed by atoms with Gasteiger partial charge in [0.1, 0.15) is 6.10 Å².